The van der Waals surface area contributed by atoms with Crippen LogP contribution in [0.3, 0.4) is 0 Å². The molecule has 2 bridgehead atoms. The van der Waals surface area contributed by atoms with E-state index in [4.69, 9.17) is 0 Å². The van der Waals surface area contributed by atoms with Gasteiger partial charge in [0.15, 0.2) is 0 Å². The van der Waals surface area contributed by atoms with Gasteiger partial charge in [0, 0.05) is 42.3 Å². The number of benzene rings is 1. The molecule has 3 fully saturated rings. The van der Waals surface area contributed by atoms with E-state index in [0.717, 1.165) is 24.2 Å². The number of piperidine rings is 3. The van der Waals surface area contributed by atoms with E-state index in [1.54, 1.807) is 6.07 Å². The molecule has 0 radical (unpaired) electrons. The predicted octanol–water partition coefficient (Wildman–Crippen LogP) is 4.80. The van der Waals surface area contributed by atoms with E-state index in [1.807, 2.05) is 13.0 Å². The Hall–Kier alpha value is -2.01. The number of carbonyl (C=O) groups excluding carboxylic acids is 1. The molecule has 5 heteroatoms. The van der Waals surface area contributed by atoms with Crippen LogP contribution in [-0.4, -0.2) is 52.4 Å². The van der Waals surface area contributed by atoms with E-state index in [0.29, 0.717) is 35.0 Å². The summed E-state index contributed by atoms with van der Waals surface area (Å²) < 4.78 is 13.7. The number of hydrogen-bond donors (Lipinski definition) is 0. The Morgan fingerprint density at radius 1 is 1.20 bits per heavy atom. The largest absolute Gasteiger partial charge is 0.338 e. The van der Waals surface area contributed by atoms with Gasteiger partial charge in [0.2, 0.25) is 0 Å². The van der Waals surface area contributed by atoms with Crippen molar-refractivity contribution in [1.29, 1.82) is 0 Å². The SMILES string of the molecule is CCC[C@H]1[C@H]2C[C@H](CN(C(=O)c3cc(C)nc4cc(F)ccc34)C2)[C@@H]2CCCCN21. The fourth-order valence-electron chi connectivity index (χ4n) is 6.45. The number of halogens is 1. The Morgan fingerprint density at radius 3 is 2.87 bits per heavy atom. The van der Waals surface area contributed by atoms with E-state index in [1.165, 1.54) is 57.2 Å². The molecular formula is C25H32FN3O. The highest BCUT2D eigenvalue weighted by Gasteiger charge is 2.47. The Bertz CT molecular complexity index is 956. The third-order valence-electron chi connectivity index (χ3n) is 7.62. The predicted molar refractivity (Wildman–Crippen MR) is 117 cm³/mol. The van der Waals surface area contributed by atoms with Gasteiger partial charge in [-0.05, 0) is 69.2 Å². The van der Waals surface area contributed by atoms with Crippen LogP contribution in [0.4, 0.5) is 4.39 Å². The molecule has 0 aliphatic carbocycles. The molecule has 0 unspecified atom stereocenters. The molecule has 0 spiro atoms. The average molecular weight is 410 g/mol. The number of hydrogen-bond acceptors (Lipinski definition) is 3. The number of aryl methyl sites for hydroxylation is 1. The van der Waals surface area contributed by atoms with Gasteiger partial charge in [-0.1, -0.05) is 19.8 Å². The zero-order valence-corrected chi connectivity index (χ0v) is 18.1. The number of fused-ring (bicyclic) bond motifs is 5. The van der Waals surface area contributed by atoms with Crippen LogP contribution in [-0.2, 0) is 0 Å². The fourth-order valence-corrected chi connectivity index (χ4v) is 6.45. The lowest BCUT2D eigenvalue weighted by Gasteiger charge is -2.57. The molecule has 3 aliphatic heterocycles. The van der Waals surface area contributed by atoms with Crippen molar-refractivity contribution in [2.24, 2.45) is 11.8 Å². The van der Waals surface area contributed by atoms with Crippen molar-refractivity contribution < 1.29 is 9.18 Å². The maximum atomic E-state index is 13.7. The van der Waals surface area contributed by atoms with E-state index in [9.17, 15) is 9.18 Å². The van der Waals surface area contributed by atoms with Crippen molar-refractivity contribution in [3.05, 3.63) is 41.3 Å². The Balaban J connectivity index is 1.47. The number of likely N-dealkylation sites (tertiary alicyclic amines) is 1. The topological polar surface area (TPSA) is 36.4 Å². The van der Waals surface area contributed by atoms with Gasteiger partial charge in [-0.3, -0.25) is 14.7 Å². The van der Waals surface area contributed by atoms with Crippen molar-refractivity contribution >= 4 is 16.8 Å². The molecule has 30 heavy (non-hydrogen) atoms. The highest BCUT2D eigenvalue weighted by molar-refractivity contribution is 6.06. The molecular weight excluding hydrogens is 377 g/mol. The summed E-state index contributed by atoms with van der Waals surface area (Å²) in [6.45, 7) is 7.08. The first-order chi connectivity index (χ1) is 14.5. The van der Waals surface area contributed by atoms with Crippen molar-refractivity contribution in [3.63, 3.8) is 0 Å². The summed E-state index contributed by atoms with van der Waals surface area (Å²) in [6.07, 6.45) is 7.59. The minimum absolute atomic E-state index is 0.0892. The molecule has 1 aromatic carbocycles. The molecule has 1 amide bonds. The van der Waals surface area contributed by atoms with Crippen molar-refractivity contribution in [2.75, 3.05) is 19.6 Å². The van der Waals surface area contributed by atoms with E-state index >= 15 is 0 Å². The van der Waals surface area contributed by atoms with Gasteiger partial charge in [-0.2, -0.15) is 0 Å². The molecule has 3 saturated heterocycles. The molecule has 5 rings (SSSR count). The van der Waals surface area contributed by atoms with Crippen LogP contribution in [0.2, 0.25) is 0 Å². The molecule has 4 atom stereocenters. The first-order valence-electron chi connectivity index (χ1n) is 11.7. The number of amides is 1. The molecule has 4 nitrogen and oxygen atoms in total. The lowest BCUT2D eigenvalue weighted by molar-refractivity contribution is -0.0670. The average Bonchev–Trinajstić information content (AvgIpc) is 2.75. The summed E-state index contributed by atoms with van der Waals surface area (Å²) in [4.78, 5) is 23.1. The summed E-state index contributed by atoms with van der Waals surface area (Å²) in [7, 11) is 0. The summed E-state index contributed by atoms with van der Waals surface area (Å²) in [5, 5.41) is 0.757. The third kappa shape index (κ3) is 3.41. The molecule has 4 heterocycles. The van der Waals surface area contributed by atoms with Gasteiger partial charge >= 0.3 is 0 Å². The van der Waals surface area contributed by atoms with E-state index < -0.39 is 0 Å². The van der Waals surface area contributed by atoms with Crippen LogP contribution >= 0.6 is 0 Å². The van der Waals surface area contributed by atoms with Gasteiger partial charge in [-0.15, -0.1) is 0 Å². The zero-order valence-electron chi connectivity index (χ0n) is 18.1. The fraction of sp³-hybridized carbons (Fsp3) is 0.600. The van der Waals surface area contributed by atoms with Crippen LogP contribution in [0.25, 0.3) is 10.9 Å². The lowest BCUT2D eigenvalue weighted by atomic mass is 9.71. The Morgan fingerprint density at radius 2 is 2.03 bits per heavy atom. The lowest BCUT2D eigenvalue weighted by Crippen LogP contribution is -2.64. The second-order valence-corrected chi connectivity index (χ2v) is 9.60. The number of carbonyl (C=O) groups is 1. The summed E-state index contributed by atoms with van der Waals surface area (Å²) in [5.41, 5.74) is 2.00. The molecule has 1 aromatic heterocycles. The first-order valence-corrected chi connectivity index (χ1v) is 11.7. The normalized spacial score (nSPS) is 29.1. The Labute approximate surface area is 178 Å². The van der Waals surface area contributed by atoms with Crippen LogP contribution in [0.15, 0.2) is 24.3 Å². The maximum absolute atomic E-state index is 13.7. The molecule has 2 aromatic rings. The van der Waals surface area contributed by atoms with Crippen LogP contribution in [0.1, 0.15) is 61.5 Å². The van der Waals surface area contributed by atoms with E-state index in [2.05, 4.69) is 21.7 Å². The number of aromatic nitrogens is 1. The second-order valence-electron chi connectivity index (χ2n) is 9.60. The number of pyridine rings is 1. The van der Waals surface area contributed by atoms with Crippen LogP contribution in [0.5, 0.6) is 0 Å². The second kappa shape index (κ2) is 7.92. The summed E-state index contributed by atoms with van der Waals surface area (Å²) in [6, 6.07) is 7.69. The smallest absolute Gasteiger partial charge is 0.254 e. The van der Waals surface area contributed by atoms with Crippen LogP contribution in [0, 0.1) is 24.6 Å². The molecule has 160 valence electrons. The monoisotopic (exact) mass is 409 g/mol. The van der Waals surface area contributed by atoms with Crippen molar-refractivity contribution in [1.82, 2.24) is 14.8 Å². The molecule has 3 aliphatic rings. The van der Waals surface area contributed by atoms with E-state index in [-0.39, 0.29) is 11.7 Å². The highest BCUT2D eigenvalue weighted by atomic mass is 19.1. The third-order valence-corrected chi connectivity index (χ3v) is 7.62. The number of nitrogens with zero attached hydrogens (tertiary/aromatic N) is 3. The molecule has 0 saturated carbocycles. The maximum Gasteiger partial charge on any atom is 0.254 e. The quantitative estimate of drug-likeness (QED) is 0.731. The molecule has 0 N–H and O–H groups in total. The van der Waals surface area contributed by atoms with Gasteiger partial charge in [0.25, 0.3) is 5.91 Å². The van der Waals surface area contributed by atoms with Gasteiger partial charge in [0.05, 0.1) is 11.1 Å². The minimum Gasteiger partial charge on any atom is -0.338 e. The van der Waals surface area contributed by atoms with Gasteiger partial charge in [0.1, 0.15) is 5.82 Å². The van der Waals surface area contributed by atoms with Gasteiger partial charge < -0.3 is 4.90 Å². The number of rotatable bonds is 3. The highest BCUT2D eigenvalue weighted by Crippen LogP contribution is 2.42. The first kappa shape index (κ1) is 19.9. The Kier molecular flexibility index (Phi) is 5.26. The standard InChI is InChI=1S/C25H32FN3O/c1-3-6-23-17-12-18(24-7-4-5-10-29(23)24)15-28(14-17)25(30)21-11-16(2)27-22-13-19(26)8-9-20(21)22/h8-9,11,13,17-18,23-24H,3-7,10,12,14-15H2,1-2H3/t17-,18+,23-,24-/m0/s1. The zero-order chi connectivity index (χ0) is 20.8. The van der Waals surface area contributed by atoms with Gasteiger partial charge in [-0.25, -0.2) is 4.39 Å². The summed E-state index contributed by atoms with van der Waals surface area (Å²) in [5.74, 6) is 0.916. The minimum atomic E-state index is -0.314. The van der Waals surface area contributed by atoms with Crippen LogP contribution < -0.4 is 0 Å². The van der Waals surface area contributed by atoms with Crippen molar-refractivity contribution in [3.8, 4) is 0 Å². The van der Waals surface area contributed by atoms with Crippen molar-refractivity contribution in [2.45, 2.75) is 64.5 Å². The summed E-state index contributed by atoms with van der Waals surface area (Å²) >= 11 is 0.